The molecule has 0 spiro atoms. The fourth-order valence-electron chi connectivity index (χ4n) is 2.02. The van der Waals surface area contributed by atoms with Gasteiger partial charge in [-0.3, -0.25) is 4.79 Å². The number of carbonyl (C=O) groups is 1. The lowest BCUT2D eigenvalue weighted by atomic mass is 10.1. The number of benzene rings is 2. The van der Waals surface area contributed by atoms with Crippen LogP contribution in [0.3, 0.4) is 0 Å². The van der Waals surface area contributed by atoms with Gasteiger partial charge in [0.2, 0.25) is 0 Å². The Bertz CT molecular complexity index is 620. The molecule has 2 aromatic rings. The highest BCUT2D eigenvalue weighted by molar-refractivity contribution is 6.08. The topological polar surface area (TPSA) is 78.8 Å². The smallest absolute Gasteiger partial charge is 0.263 e. The Balaban J connectivity index is 2.24. The number of methoxy groups -OCH3 is 1. The molecule has 21 heavy (non-hydrogen) atoms. The van der Waals surface area contributed by atoms with Gasteiger partial charge in [-0.25, -0.2) is 0 Å². The molecule has 1 amide bonds. The minimum absolute atomic E-state index is 0.140. The first-order valence-electron chi connectivity index (χ1n) is 6.52. The van der Waals surface area contributed by atoms with E-state index in [9.17, 15) is 15.0 Å². The number of anilines is 1. The number of para-hydroxylation sites is 1. The van der Waals surface area contributed by atoms with E-state index < -0.39 is 5.91 Å². The minimum atomic E-state index is -0.560. The average Bonchev–Trinajstić information content (AvgIpc) is 2.46. The van der Waals surface area contributed by atoms with Crippen molar-refractivity contribution in [1.29, 1.82) is 0 Å². The standard InChI is InChI=1S/C16H17NO4/c1-21-10-9-11-5-2-3-6-12(11)17-16(20)15-13(18)7-4-8-14(15)19/h2-8,18-19H,9-10H2,1H3,(H,17,20). The van der Waals surface area contributed by atoms with Crippen molar-refractivity contribution in [2.24, 2.45) is 0 Å². The van der Waals surface area contributed by atoms with Crippen LogP contribution in [0.4, 0.5) is 5.69 Å². The van der Waals surface area contributed by atoms with Gasteiger partial charge in [0.1, 0.15) is 17.1 Å². The Morgan fingerprint density at radius 3 is 2.43 bits per heavy atom. The van der Waals surface area contributed by atoms with Crippen LogP contribution in [0, 0.1) is 0 Å². The number of aromatic hydroxyl groups is 2. The van der Waals surface area contributed by atoms with Crippen LogP contribution < -0.4 is 5.32 Å². The van der Waals surface area contributed by atoms with Gasteiger partial charge in [0.25, 0.3) is 5.91 Å². The van der Waals surface area contributed by atoms with E-state index in [0.29, 0.717) is 18.7 Å². The molecule has 0 fully saturated rings. The second-order valence-electron chi connectivity index (χ2n) is 4.53. The summed E-state index contributed by atoms with van der Waals surface area (Å²) < 4.78 is 5.04. The lowest BCUT2D eigenvalue weighted by molar-refractivity contribution is 0.102. The normalized spacial score (nSPS) is 10.3. The first kappa shape index (κ1) is 14.9. The Hall–Kier alpha value is -2.53. The van der Waals surface area contributed by atoms with Crippen molar-refractivity contribution >= 4 is 11.6 Å². The first-order chi connectivity index (χ1) is 10.1. The molecule has 0 heterocycles. The van der Waals surface area contributed by atoms with E-state index in [1.54, 1.807) is 19.2 Å². The van der Waals surface area contributed by atoms with Gasteiger partial charge in [0.05, 0.1) is 6.61 Å². The summed E-state index contributed by atoms with van der Waals surface area (Å²) in [6.07, 6.45) is 0.652. The lowest BCUT2D eigenvalue weighted by Crippen LogP contribution is -2.14. The lowest BCUT2D eigenvalue weighted by Gasteiger charge is -2.12. The molecule has 0 saturated carbocycles. The van der Waals surface area contributed by atoms with Gasteiger partial charge in [0, 0.05) is 12.8 Å². The summed E-state index contributed by atoms with van der Waals surface area (Å²) in [5.41, 5.74) is 1.41. The number of rotatable bonds is 5. The molecule has 5 nitrogen and oxygen atoms in total. The summed E-state index contributed by atoms with van der Waals surface area (Å²) in [5, 5.41) is 22.1. The monoisotopic (exact) mass is 287 g/mol. The molecule has 0 bridgehead atoms. The van der Waals surface area contributed by atoms with Crippen molar-refractivity contribution in [3.8, 4) is 11.5 Å². The van der Waals surface area contributed by atoms with Crippen molar-refractivity contribution < 1.29 is 19.7 Å². The molecule has 0 unspecified atom stereocenters. The Morgan fingerprint density at radius 1 is 1.10 bits per heavy atom. The molecule has 0 aliphatic heterocycles. The van der Waals surface area contributed by atoms with Crippen LogP contribution in [0.15, 0.2) is 42.5 Å². The van der Waals surface area contributed by atoms with Gasteiger partial charge in [-0.05, 0) is 30.2 Å². The zero-order chi connectivity index (χ0) is 15.2. The van der Waals surface area contributed by atoms with Crippen LogP contribution in [0.5, 0.6) is 11.5 Å². The third-order valence-electron chi connectivity index (χ3n) is 3.09. The van der Waals surface area contributed by atoms with E-state index >= 15 is 0 Å². The second-order valence-corrected chi connectivity index (χ2v) is 4.53. The molecular weight excluding hydrogens is 270 g/mol. The van der Waals surface area contributed by atoms with Crippen LogP contribution >= 0.6 is 0 Å². The number of nitrogens with one attached hydrogen (secondary N) is 1. The van der Waals surface area contributed by atoms with Gasteiger partial charge in [0.15, 0.2) is 0 Å². The van der Waals surface area contributed by atoms with Crippen LogP contribution in [0.2, 0.25) is 0 Å². The SMILES string of the molecule is COCCc1ccccc1NC(=O)c1c(O)cccc1O. The van der Waals surface area contributed by atoms with E-state index in [2.05, 4.69) is 5.32 Å². The van der Waals surface area contributed by atoms with Crippen LogP contribution in [-0.4, -0.2) is 29.8 Å². The van der Waals surface area contributed by atoms with Crippen LogP contribution in [0.1, 0.15) is 15.9 Å². The number of hydrogen-bond donors (Lipinski definition) is 3. The van der Waals surface area contributed by atoms with Crippen molar-refractivity contribution in [3.63, 3.8) is 0 Å². The van der Waals surface area contributed by atoms with Gasteiger partial charge >= 0.3 is 0 Å². The number of hydrogen-bond acceptors (Lipinski definition) is 4. The number of ether oxygens (including phenoxy) is 1. The summed E-state index contributed by atoms with van der Waals surface area (Å²) in [7, 11) is 1.61. The summed E-state index contributed by atoms with van der Waals surface area (Å²) in [5.74, 6) is -1.08. The van der Waals surface area contributed by atoms with Crippen molar-refractivity contribution in [1.82, 2.24) is 0 Å². The molecule has 2 rings (SSSR count). The molecule has 110 valence electrons. The molecular formula is C16H17NO4. The van der Waals surface area contributed by atoms with Crippen molar-refractivity contribution in [3.05, 3.63) is 53.6 Å². The van der Waals surface area contributed by atoms with E-state index in [-0.39, 0.29) is 17.1 Å². The van der Waals surface area contributed by atoms with Crippen molar-refractivity contribution in [2.45, 2.75) is 6.42 Å². The molecule has 0 radical (unpaired) electrons. The highest BCUT2D eigenvalue weighted by Gasteiger charge is 2.17. The predicted molar refractivity (Wildman–Crippen MR) is 79.7 cm³/mol. The van der Waals surface area contributed by atoms with E-state index in [4.69, 9.17) is 4.74 Å². The zero-order valence-corrected chi connectivity index (χ0v) is 11.7. The summed E-state index contributed by atoms with van der Waals surface area (Å²) in [6, 6.07) is 11.5. The molecule has 3 N–H and O–H groups in total. The highest BCUT2D eigenvalue weighted by atomic mass is 16.5. The third-order valence-corrected chi connectivity index (χ3v) is 3.09. The van der Waals surface area contributed by atoms with Crippen LogP contribution in [0.25, 0.3) is 0 Å². The number of amides is 1. The number of carbonyl (C=O) groups excluding carboxylic acids is 1. The minimum Gasteiger partial charge on any atom is -0.507 e. The van der Waals surface area contributed by atoms with E-state index in [1.165, 1.54) is 18.2 Å². The molecule has 0 aromatic heterocycles. The van der Waals surface area contributed by atoms with Crippen LogP contribution in [-0.2, 0) is 11.2 Å². The summed E-state index contributed by atoms with van der Waals surface area (Å²) in [6.45, 7) is 0.536. The van der Waals surface area contributed by atoms with E-state index in [1.807, 2.05) is 12.1 Å². The van der Waals surface area contributed by atoms with Gasteiger partial charge < -0.3 is 20.3 Å². The molecule has 0 saturated heterocycles. The Kier molecular flexibility index (Phi) is 4.79. The van der Waals surface area contributed by atoms with E-state index in [0.717, 1.165) is 5.56 Å². The highest BCUT2D eigenvalue weighted by Crippen LogP contribution is 2.27. The fourth-order valence-corrected chi connectivity index (χ4v) is 2.02. The molecule has 0 atom stereocenters. The largest absolute Gasteiger partial charge is 0.507 e. The summed E-state index contributed by atoms with van der Waals surface area (Å²) >= 11 is 0. The molecule has 5 heteroatoms. The zero-order valence-electron chi connectivity index (χ0n) is 11.7. The maximum atomic E-state index is 12.2. The maximum Gasteiger partial charge on any atom is 0.263 e. The average molecular weight is 287 g/mol. The Morgan fingerprint density at radius 2 is 1.76 bits per heavy atom. The first-order valence-corrected chi connectivity index (χ1v) is 6.52. The number of phenolic OH excluding ortho intramolecular Hbond substituents is 2. The Labute approximate surface area is 122 Å². The fraction of sp³-hybridized carbons (Fsp3) is 0.188. The summed E-state index contributed by atoms with van der Waals surface area (Å²) in [4.78, 5) is 12.2. The molecule has 2 aromatic carbocycles. The van der Waals surface area contributed by atoms with Crippen molar-refractivity contribution in [2.75, 3.05) is 19.0 Å². The predicted octanol–water partition coefficient (Wildman–Crippen LogP) is 2.54. The molecule has 0 aliphatic carbocycles. The van der Waals surface area contributed by atoms with Gasteiger partial charge in [-0.15, -0.1) is 0 Å². The quantitative estimate of drug-likeness (QED) is 0.789. The number of phenols is 2. The second kappa shape index (κ2) is 6.76. The van der Waals surface area contributed by atoms with Gasteiger partial charge in [-0.2, -0.15) is 0 Å². The third kappa shape index (κ3) is 3.52. The molecule has 0 aliphatic rings. The maximum absolute atomic E-state index is 12.2. The van der Waals surface area contributed by atoms with Gasteiger partial charge in [-0.1, -0.05) is 24.3 Å².